The second-order valence-electron chi connectivity index (χ2n) is 6.43. The van der Waals surface area contributed by atoms with Gasteiger partial charge in [-0.2, -0.15) is 0 Å². The van der Waals surface area contributed by atoms with Crippen molar-refractivity contribution in [2.75, 3.05) is 0 Å². The fraction of sp³-hybridized carbons (Fsp3) is 0.333. The van der Waals surface area contributed by atoms with Crippen molar-refractivity contribution in [1.82, 2.24) is 0 Å². The Balaban J connectivity index is 0.000000807. The Hall–Kier alpha value is -0.0969. The molecule has 0 amide bonds. The first kappa shape index (κ1) is 17.3. The predicted octanol–water partition coefficient (Wildman–Crippen LogP) is -0.609. The monoisotopic (exact) mass is 396 g/mol. The SMILES string of the molecule is CC1=CC[C]([Zr+2]2([CH]3C=Cc4ccccc43)[CH2][CH]2C)=C1.[Cl-].[Cl-]. The van der Waals surface area contributed by atoms with Crippen LogP contribution >= 0.6 is 0 Å². The summed E-state index contributed by atoms with van der Waals surface area (Å²) in [6.07, 6.45) is 11.1. The van der Waals surface area contributed by atoms with Crippen LogP contribution in [-0.2, 0) is 20.3 Å². The van der Waals surface area contributed by atoms with E-state index in [2.05, 4.69) is 62.4 Å². The van der Waals surface area contributed by atoms with Crippen molar-refractivity contribution in [3.05, 3.63) is 62.5 Å². The van der Waals surface area contributed by atoms with Gasteiger partial charge in [0, 0.05) is 0 Å². The Kier molecular flexibility index (Phi) is 5.09. The molecular weight excluding hydrogens is 378 g/mol. The largest absolute Gasteiger partial charge is 1.00 e. The van der Waals surface area contributed by atoms with Crippen LogP contribution in [0, 0.1) is 0 Å². The van der Waals surface area contributed by atoms with Crippen LogP contribution < -0.4 is 24.8 Å². The molecule has 0 aromatic heterocycles. The third-order valence-electron chi connectivity index (χ3n) is 5.36. The Morgan fingerprint density at radius 1 is 1.14 bits per heavy atom. The molecule has 3 heteroatoms. The molecule has 0 radical (unpaired) electrons. The van der Waals surface area contributed by atoms with Crippen molar-refractivity contribution in [3.8, 4) is 0 Å². The van der Waals surface area contributed by atoms with E-state index >= 15 is 0 Å². The number of benzene rings is 1. The van der Waals surface area contributed by atoms with E-state index in [0.29, 0.717) is 0 Å². The van der Waals surface area contributed by atoms with Gasteiger partial charge in [0.05, 0.1) is 0 Å². The van der Waals surface area contributed by atoms with Gasteiger partial charge >= 0.3 is 120 Å². The quantitative estimate of drug-likeness (QED) is 0.624. The average molecular weight is 398 g/mol. The fourth-order valence-electron chi connectivity index (χ4n) is 4.22. The van der Waals surface area contributed by atoms with E-state index in [1.807, 2.05) is 3.28 Å². The number of rotatable bonds is 2. The first-order chi connectivity index (χ1) is 9.22. The Morgan fingerprint density at radius 3 is 2.48 bits per heavy atom. The zero-order valence-corrected chi connectivity index (χ0v) is 16.4. The van der Waals surface area contributed by atoms with Crippen LogP contribution in [0.25, 0.3) is 6.08 Å². The van der Waals surface area contributed by atoms with E-state index in [1.54, 1.807) is 9.69 Å². The summed E-state index contributed by atoms with van der Waals surface area (Å²) in [7, 11) is 0. The van der Waals surface area contributed by atoms with Crippen molar-refractivity contribution < 1.29 is 45.1 Å². The first-order valence-corrected chi connectivity index (χ1v) is 13.2. The molecule has 0 saturated carbocycles. The van der Waals surface area contributed by atoms with E-state index in [1.165, 1.54) is 17.6 Å². The molecule has 3 atom stereocenters. The van der Waals surface area contributed by atoms with Gasteiger partial charge in [0.2, 0.25) is 0 Å². The van der Waals surface area contributed by atoms with Crippen molar-refractivity contribution in [1.29, 1.82) is 0 Å². The van der Waals surface area contributed by atoms with E-state index in [0.717, 1.165) is 7.25 Å². The topological polar surface area (TPSA) is 0 Å². The van der Waals surface area contributed by atoms with Crippen LogP contribution in [0.3, 0.4) is 0 Å². The molecule has 1 saturated heterocycles. The maximum Gasteiger partial charge on any atom is -1.00 e. The molecule has 110 valence electrons. The van der Waals surface area contributed by atoms with Gasteiger partial charge < -0.3 is 24.8 Å². The van der Waals surface area contributed by atoms with Crippen molar-refractivity contribution in [3.63, 3.8) is 0 Å². The second kappa shape index (κ2) is 6.19. The van der Waals surface area contributed by atoms with E-state index in [-0.39, 0.29) is 24.8 Å². The van der Waals surface area contributed by atoms with Crippen LogP contribution in [0.15, 0.2) is 51.3 Å². The minimum Gasteiger partial charge on any atom is -1.00 e. The van der Waals surface area contributed by atoms with Crippen LogP contribution in [0.4, 0.5) is 0 Å². The van der Waals surface area contributed by atoms with Gasteiger partial charge in [-0.25, -0.2) is 0 Å². The zero-order valence-electron chi connectivity index (χ0n) is 12.4. The molecule has 1 aliphatic heterocycles. The predicted molar refractivity (Wildman–Crippen MR) is 78.9 cm³/mol. The summed E-state index contributed by atoms with van der Waals surface area (Å²) in [6, 6.07) is 9.05. The second-order valence-corrected chi connectivity index (χ2v) is 18.1. The molecule has 1 aromatic carbocycles. The van der Waals surface area contributed by atoms with Crippen molar-refractivity contribution >= 4 is 6.08 Å². The Morgan fingerprint density at radius 2 is 1.86 bits per heavy atom. The van der Waals surface area contributed by atoms with E-state index in [9.17, 15) is 0 Å². The molecule has 3 unspecified atom stereocenters. The fourth-order valence-corrected chi connectivity index (χ4v) is 20.4. The van der Waals surface area contributed by atoms with Gasteiger partial charge in [-0.05, 0) is 0 Å². The summed E-state index contributed by atoms with van der Waals surface area (Å²) in [5.41, 5.74) is 4.61. The summed E-state index contributed by atoms with van der Waals surface area (Å²) in [5, 5.41) is 0. The van der Waals surface area contributed by atoms with E-state index < -0.39 is 20.3 Å². The third kappa shape index (κ3) is 2.56. The average Bonchev–Trinajstić information content (AvgIpc) is 2.82. The molecule has 4 rings (SSSR count). The van der Waals surface area contributed by atoms with Crippen LogP contribution in [0.2, 0.25) is 7.75 Å². The molecule has 21 heavy (non-hydrogen) atoms. The third-order valence-corrected chi connectivity index (χ3v) is 19.8. The van der Waals surface area contributed by atoms with Gasteiger partial charge in [0.25, 0.3) is 0 Å². The number of fused-ring (bicyclic) bond motifs is 1. The molecule has 2 aliphatic carbocycles. The van der Waals surface area contributed by atoms with Gasteiger partial charge in [-0.1, -0.05) is 0 Å². The van der Waals surface area contributed by atoms with E-state index in [4.69, 9.17) is 0 Å². The summed E-state index contributed by atoms with van der Waals surface area (Å²) < 4.78 is 5.28. The van der Waals surface area contributed by atoms with Crippen molar-refractivity contribution in [2.24, 2.45) is 0 Å². The minimum atomic E-state index is -2.12. The molecule has 1 heterocycles. The van der Waals surface area contributed by atoms with Gasteiger partial charge in [-0.3, -0.25) is 0 Å². The number of hydrogen-bond donors (Lipinski definition) is 0. The van der Waals surface area contributed by atoms with Crippen molar-refractivity contribution in [2.45, 2.75) is 31.6 Å². The standard InChI is InChI=1S/C9H7.C6H7.C3H6.2ClH.Zr/c1-2-5-9-7-3-6-8(9)4-1;1-6-4-2-3-5-6;1-3-2;;;/h1-7H;4-5H,2H2,1H3;3H,1H2,2H3;2*1H;/q;;;;;+2/p-2. The maximum absolute atomic E-state index is 2.54. The minimum absolute atomic E-state index is 0. The molecule has 0 nitrogen and oxygen atoms in total. The maximum atomic E-state index is 2.54. The summed E-state index contributed by atoms with van der Waals surface area (Å²) in [5.74, 6) is 0. The van der Waals surface area contributed by atoms with Crippen LogP contribution in [0.5, 0.6) is 0 Å². The summed E-state index contributed by atoms with van der Waals surface area (Å²) >= 11 is -2.12. The molecular formula is C18H20Cl2Zr. The first-order valence-electron chi connectivity index (χ1n) is 7.37. The van der Waals surface area contributed by atoms with Gasteiger partial charge in [-0.15, -0.1) is 0 Å². The molecule has 1 fully saturated rings. The Labute approximate surface area is 144 Å². The molecule has 0 bridgehead atoms. The molecule has 3 aliphatic rings. The van der Waals surface area contributed by atoms with Crippen LogP contribution in [0.1, 0.15) is 35.0 Å². The number of halogens is 2. The smallest absolute Gasteiger partial charge is 1.00 e. The number of hydrogen-bond acceptors (Lipinski definition) is 0. The van der Waals surface area contributed by atoms with Crippen LogP contribution in [-0.4, -0.2) is 0 Å². The summed E-state index contributed by atoms with van der Waals surface area (Å²) in [4.78, 5) is 0. The van der Waals surface area contributed by atoms with Gasteiger partial charge in [0.15, 0.2) is 0 Å². The van der Waals surface area contributed by atoms with Gasteiger partial charge in [0.1, 0.15) is 0 Å². The zero-order chi connectivity index (χ0) is 13.0. The normalized spacial score (nSPS) is 28.7. The Bertz CT molecular complexity index is 644. The molecule has 1 aromatic rings. The number of allylic oxidation sites excluding steroid dienone is 5. The summed E-state index contributed by atoms with van der Waals surface area (Å²) in [6.45, 7) is 4.78. The molecule has 0 spiro atoms. The molecule has 0 N–H and O–H groups in total.